The summed E-state index contributed by atoms with van der Waals surface area (Å²) < 4.78 is 29.8. The van der Waals surface area contributed by atoms with Crippen molar-refractivity contribution in [1.29, 1.82) is 0 Å². The lowest BCUT2D eigenvalue weighted by atomic mass is 10.1. The molecule has 0 spiro atoms. The smallest absolute Gasteiger partial charge is 0.340 e. The van der Waals surface area contributed by atoms with E-state index in [9.17, 15) is 13.2 Å². The lowest BCUT2D eigenvalue weighted by molar-refractivity contribution is -0.135. The van der Waals surface area contributed by atoms with Crippen LogP contribution in [-0.2, 0) is 19.1 Å². The number of benzene rings is 3. The number of aryl methyl sites for hydroxylation is 1. The Labute approximate surface area is 177 Å². The fourth-order valence-electron chi connectivity index (χ4n) is 3.07. The van der Waals surface area contributed by atoms with Gasteiger partial charge in [0.1, 0.15) is 10.9 Å². The number of carbonyl (C=O) groups is 1. The van der Waals surface area contributed by atoms with Crippen molar-refractivity contribution in [3.8, 4) is 0 Å². The van der Waals surface area contributed by atoms with Gasteiger partial charge >= 0.3 is 16.1 Å². The third kappa shape index (κ3) is 4.87. The summed E-state index contributed by atoms with van der Waals surface area (Å²) in [5.41, 5.74) is 8.70. The Morgan fingerprint density at radius 1 is 0.867 bits per heavy atom. The minimum atomic E-state index is -4.26. The lowest BCUT2D eigenvalue weighted by Gasteiger charge is -2.34. The van der Waals surface area contributed by atoms with Gasteiger partial charge in [-0.3, -0.25) is 0 Å². The van der Waals surface area contributed by atoms with Crippen LogP contribution in [0.5, 0.6) is 0 Å². The van der Waals surface area contributed by atoms with E-state index < -0.39 is 28.2 Å². The Kier molecular flexibility index (Phi) is 6.54. The van der Waals surface area contributed by atoms with E-state index in [4.69, 9.17) is 9.92 Å². The third-order valence-electron chi connectivity index (χ3n) is 4.77. The van der Waals surface area contributed by atoms with Crippen molar-refractivity contribution in [3.05, 3.63) is 90.5 Å². The molecule has 3 rings (SSSR count). The molecule has 0 heterocycles. The molecule has 3 aromatic rings. The van der Waals surface area contributed by atoms with Gasteiger partial charge in [0.15, 0.2) is 0 Å². The van der Waals surface area contributed by atoms with Crippen molar-refractivity contribution >= 4 is 27.5 Å². The molecule has 6 nitrogen and oxygen atoms in total. The van der Waals surface area contributed by atoms with Crippen LogP contribution in [0.2, 0.25) is 0 Å². The van der Waals surface area contributed by atoms with Gasteiger partial charge in [-0.05, 0) is 50.2 Å². The molecule has 0 fully saturated rings. The molecular weight excluding hydrogens is 400 g/mol. The van der Waals surface area contributed by atoms with Crippen molar-refractivity contribution in [1.82, 2.24) is 0 Å². The second-order valence-electron chi connectivity index (χ2n) is 6.98. The summed E-state index contributed by atoms with van der Waals surface area (Å²) in [6, 6.07) is 23.2. The predicted octanol–water partition coefficient (Wildman–Crippen LogP) is 3.78. The second kappa shape index (κ2) is 9.11. The highest BCUT2D eigenvalue weighted by Gasteiger charge is 2.32. The predicted molar refractivity (Wildman–Crippen MR) is 117 cm³/mol. The number of nitrogens with zero attached hydrogens (tertiary/aromatic N) is 1. The van der Waals surface area contributed by atoms with Crippen LogP contribution in [0, 0.1) is 6.92 Å². The topological polar surface area (TPSA) is 89.7 Å². The van der Waals surface area contributed by atoms with Crippen LogP contribution in [0.4, 0.5) is 11.4 Å². The van der Waals surface area contributed by atoms with Gasteiger partial charge in [0.05, 0.1) is 6.04 Å². The molecule has 0 aliphatic carbocycles. The van der Waals surface area contributed by atoms with Gasteiger partial charge in [0.25, 0.3) is 0 Å². The fourth-order valence-corrected chi connectivity index (χ4v) is 3.96. The first-order chi connectivity index (χ1) is 14.3. The SMILES string of the molecule is Cc1ccc(S(=O)(=O)OC(=O)C(N)C(C)N(c2ccccc2)c2ccccc2)cc1. The van der Waals surface area contributed by atoms with E-state index in [0.717, 1.165) is 16.9 Å². The summed E-state index contributed by atoms with van der Waals surface area (Å²) in [4.78, 5) is 14.4. The Morgan fingerprint density at radius 2 is 1.33 bits per heavy atom. The van der Waals surface area contributed by atoms with E-state index in [1.807, 2.05) is 72.5 Å². The molecule has 0 amide bonds. The van der Waals surface area contributed by atoms with E-state index in [2.05, 4.69) is 0 Å². The maximum Gasteiger partial charge on any atom is 0.341 e. The second-order valence-corrected chi connectivity index (χ2v) is 8.52. The minimum absolute atomic E-state index is 0.0933. The van der Waals surface area contributed by atoms with Crippen molar-refractivity contribution in [2.75, 3.05) is 4.90 Å². The summed E-state index contributed by atoms with van der Waals surface area (Å²) in [5.74, 6) is -1.01. The van der Waals surface area contributed by atoms with Gasteiger partial charge < -0.3 is 14.8 Å². The highest BCUT2D eigenvalue weighted by Crippen LogP contribution is 2.28. The van der Waals surface area contributed by atoms with Crippen LogP contribution in [0.3, 0.4) is 0 Å². The molecule has 2 N–H and O–H groups in total. The van der Waals surface area contributed by atoms with Gasteiger partial charge in [-0.25, -0.2) is 4.79 Å². The number of anilines is 2. The first-order valence-electron chi connectivity index (χ1n) is 9.49. The maximum atomic E-state index is 12.7. The molecule has 0 aliphatic heterocycles. The molecule has 156 valence electrons. The zero-order valence-corrected chi connectivity index (χ0v) is 17.6. The van der Waals surface area contributed by atoms with Crippen LogP contribution in [-0.4, -0.2) is 26.5 Å². The first-order valence-corrected chi connectivity index (χ1v) is 10.9. The molecule has 7 heteroatoms. The molecule has 3 aromatic carbocycles. The summed E-state index contributed by atoms with van der Waals surface area (Å²) in [5, 5.41) is 0. The lowest BCUT2D eigenvalue weighted by Crippen LogP contribution is -2.49. The molecule has 0 aliphatic rings. The van der Waals surface area contributed by atoms with Crippen molar-refractivity contribution in [3.63, 3.8) is 0 Å². The van der Waals surface area contributed by atoms with Gasteiger partial charge in [-0.2, -0.15) is 8.42 Å². The maximum absolute atomic E-state index is 12.7. The molecular formula is C23H24N2O4S. The van der Waals surface area contributed by atoms with Crippen LogP contribution < -0.4 is 10.6 Å². The number of nitrogens with two attached hydrogens (primary N) is 1. The first kappa shape index (κ1) is 21.5. The van der Waals surface area contributed by atoms with Crippen molar-refractivity contribution in [2.45, 2.75) is 30.8 Å². The van der Waals surface area contributed by atoms with Crippen LogP contribution in [0.15, 0.2) is 89.8 Å². The Morgan fingerprint density at radius 3 is 1.80 bits per heavy atom. The van der Waals surface area contributed by atoms with Gasteiger partial charge in [0, 0.05) is 11.4 Å². The Bertz CT molecular complexity index is 1050. The van der Waals surface area contributed by atoms with E-state index in [1.54, 1.807) is 19.1 Å². The number of hydrogen-bond donors (Lipinski definition) is 1. The largest absolute Gasteiger partial charge is 0.341 e. The fraction of sp³-hybridized carbons (Fsp3) is 0.174. The number of rotatable bonds is 7. The average molecular weight is 425 g/mol. The third-order valence-corrected chi connectivity index (χ3v) is 6.00. The minimum Gasteiger partial charge on any atom is -0.340 e. The zero-order chi connectivity index (χ0) is 21.7. The molecule has 2 atom stereocenters. The number of hydrogen-bond acceptors (Lipinski definition) is 6. The Hall–Kier alpha value is -3.16. The summed E-state index contributed by atoms with van der Waals surface area (Å²) in [6.07, 6.45) is 0. The van der Waals surface area contributed by atoms with Crippen LogP contribution >= 0.6 is 0 Å². The summed E-state index contributed by atoms with van der Waals surface area (Å²) in [7, 11) is -4.26. The summed E-state index contributed by atoms with van der Waals surface area (Å²) in [6.45, 7) is 3.59. The highest BCUT2D eigenvalue weighted by atomic mass is 32.2. The van der Waals surface area contributed by atoms with Crippen LogP contribution in [0.1, 0.15) is 12.5 Å². The van der Waals surface area contributed by atoms with E-state index in [-0.39, 0.29) is 4.90 Å². The summed E-state index contributed by atoms with van der Waals surface area (Å²) >= 11 is 0. The average Bonchev–Trinajstić information content (AvgIpc) is 2.75. The molecule has 0 bridgehead atoms. The molecule has 2 unspecified atom stereocenters. The van der Waals surface area contributed by atoms with Gasteiger partial charge in [-0.15, -0.1) is 0 Å². The molecule has 30 heavy (non-hydrogen) atoms. The number of carbonyl (C=O) groups excluding carboxylic acids is 1. The monoisotopic (exact) mass is 424 g/mol. The standard InChI is InChI=1S/C23H24N2O4S/c1-17-13-15-21(16-14-17)30(27,28)29-23(26)22(24)18(2)25(19-9-5-3-6-10-19)20-11-7-4-8-12-20/h3-16,18,22H,24H2,1-2H3. The molecule has 0 aromatic heterocycles. The van der Waals surface area contributed by atoms with Crippen LogP contribution in [0.25, 0.3) is 0 Å². The quantitative estimate of drug-likeness (QED) is 0.581. The van der Waals surface area contributed by atoms with Crippen molar-refractivity contribution in [2.24, 2.45) is 5.73 Å². The zero-order valence-electron chi connectivity index (χ0n) is 16.8. The van der Waals surface area contributed by atoms with E-state index in [0.29, 0.717) is 0 Å². The Balaban J connectivity index is 1.85. The van der Waals surface area contributed by atoms with E-state index >= 15 is 0 Å². The molecule has 0 radical (unpaired) electrons. The van der Waals surface area contributed by atoms with E-state index in [1.165, 1.54) is 12.1 Å². The van der Waals surface area contributed by atoms with Gasteiger partial charge in [-0.1, -0.05) is 54.1 Å². The normalized spacial score (nSPS) is 13.3. The molecule has 0 saturated carbocycles. The van der Waals surface area contributed by atoms with Crippen molar-refractivity contribution < 1.29 is 17.4 Å². The number of para-hydroxylation sites is 2. The van der Waals surface area contributed by atoms with Gasteiger partial charge in [0.2, 0.25) is 0 Å². The molecule has 0 saturated heterocycles. The highest BCUT2D eigenvalue weighted by molar-refractivity contribution is 7.87.